The van der Waals surface area contributed by atoms with Crippen LogP contribution in [0.4, 0.5) is 9.18 Å². The number of thioether (sulfide) groups is 1. The molecule has 2 heterocycles. The number of hydrogen-bond acceptors (Lipinski definition) is 5. The van der Waals surface area contributed by atoms with Crippen LogP contribution in [0.15, 0.2) is 47.6 Å². The van der Waals surface area contributed by atoms with Crippen LogP contribution in [0.2, 0.25) is 0 Å². The second-order valence-electron chi connectivity index (χ2n) is 6.45. The molecule has 3 aromatic rings. The van der Waals surface area contributed by atoms with E-state index in [2.05, 4.69) is 5.10 Å². The molecule has 148 valence electrons. The number of hydrazone groups is 1. The van der Waals surface area contributed by atoms with E-state index >= 15 is 0 Å². The molecule has 1 N–H and O–H groups in total. The minimum atomic E-state index is -1.12. The van der Waals surface area contributed by atoms with E-state index in [1.54, 1.807) is 6.07 Å². The van der Waals surface area contributed by atoms with Crippen LogP contribution in [0.5, 0.6) is 0 Å². The third kappa shape index (κ3) is 3.73. The Morgan fingerprint density at radius 1 is 1.24 bits per heavy atom. The molecule has 0 fully saturated rings. The Morgan fingerprint density at radius 2 is 2.07 bits per heavy atom. The molecule has 0 bridgehead atoms. The normalized spacial score (nSPS) is 14.3. The zero-order valence-corrected chi connectivity index (χ0v) is 16.3. The minimum Gasteiger partial charge on any atom is -0.480 e. The van der Waals surface area contributed by atoms with Crippen molar-refractivity contribution in [2.75, 3.05) is 12.3 Å². The van der Waals surface area contributed by atoms with Crippen LogP contribution < -0.4 is 0 Å². The van der Waals surface area contributed by atoms with E-state index in [9.17, 15) is 14.0 Å². The van der Waals surface area contributed by atoms with Crippen molar-refractivity contribution in [3.63, 3.8) is 0 Å². The van der Waals surface area contributed by atoms with Gasteiger partial charge in [-0.05, 0) is 31.2 Å². The fourth-order valence-corrected chi connectivity index (χ4v) is 4.01. The number of carboxylic acids is 1. The highest BCUT2D eigenvalue weighted by Gasteiger charge is 2.24. The van der Waals surface area contributed by atoms with Gasteiger partial charge in [-0.25, -0.2) is 14.4 Å². The summed E-state index contributed by atoms with van der Waals surface area (Å²) < 4.78 is 15.7. The van der Waals surface area contributed by atoms with Gasteiger partial charge in [0, 0.05) is 23.4 Å². The largest absolute Gasteiger partial charge is 0.480 e. The SMILES string of the molecule is CCn1c(-c2cccc(F)c2)nc2cc(C3=NN(CC(=O)O)C(=O)SC3)ccc21. The number of aliphatic carboxylic acids is 1. The number of nitrogens with zero attached hydrogens (tertiary/aromatic N) is 4. The lowest BCUT2D eigenvalue weighted by Gasteiger charge is -2.21. The summed E-state index contributed by atoms with van der Waals surface area (Å²) in [4.78, 5) is 27.5. The predicted octanol–water partition coefficient (Wildman–Crippen LogP) is 3.82. The highest BCUT2D eigenvalue weighted by Crippen LogP contribution is 2.27. The average Bonchev–Trinajstić information content (AvgIpc) is 3.07. The first kappa shape index (κ1) is 19.1. The fourth-order valence-electron chi connectivity index (χ4n) is 3.27. The van der Waals surface area contributed by atoms with Crippen molar-refractivity contribution in [1.29, 1.82) is 0 Å². The number of carbonyl (C=O) groups excluding carboxylic acids is 1. The molecular formula is C20H17FN4O3S. The third-order valence-electron chi connectivity index (χ3n) is 4.55. The van der Waals surface area contributed by atoms with E-state index in [0.29, 0.717) is 29.4 Å². The summed E-state index contributed by atoms with van der Waals surface area (Å²) in [6.45, 7) is 2.18. The molecular weight excluding hydrogens is 395 g/mol. The molecule has 0 saturated heterocycles. The first-order valence-electron chi connectivity index (χ1n) is 8.96. The Bertz CT molecular complexity index is 1160. The molecule has 1 aromatic heterocycles. The van der Waals surface area contributed by atoms with Crippen molar-refractivity contribution < 1.29 is 19.1 Å². The number of imidazole rings is 1. The van der Waals surface area contributed by atoms with Gasteiger partial charge in [0.1, 0.15) is 18.2 Å². The molecule has 1 aliphatic heterocycles. The maximum atomic E-state index is 13.7. The monoisotopic (exact) mass is 412 g/mol. The van der Waals surface area contributed by atoms with E-state index in [1.165, 1.54) is 12.1 Å². The molecule has 1 aliphatic rings. The maximum Gasteiger partial charge on any atom is 0.325 e. The van der Waals surface area contributed by atoms with Crippen LogP contribution in [0.1, 0.15) is 12.5 Å². The topological polar surface area (TPSA) is 87.8 Å². The van der Waals surface area contributed by atoms with Gasteiger partial charge in [-0.3, -0.25) is 9.59 Å². The number of amides is 1. The zero-order chi connectivity index (χ0) is 20.5. The fraction of sp³-hybridized carbons (Fsp3) is 0.200. The van der Waals surface area contributed by atoms with E-state index in [-0.39, 0.29) is 11.1 Å². The lowest BCUT2D eigenvalue weighted by atomic mass is 10.1. The van der Waals surface area contributed by atoms with Crippen molar-refractivity contribution in [2.24, 2.45) is 5.10 Å². The molecule has 29 heavy (non-hydrogen) atoms. The molecule has 0 unspecified atom stereocenters. The van der Waals surface area contributed by atoms with Gasteiger partial charge in [-0.2, -0.15) is 5.10 Å². The summed E-state index contributed by atoms with van der Waals surface area (Å²) in [5, 5.41) is 13.7. The lowest BCUT2D eigenvalue weighted by Crippen LogP contribution is -2.33. The van der Waals surface area contributed by atoms with Crippen LogP contribution in [-0.2, 0) is 11.3 Å². The number of fused-ring (bicyclic) bond motifs is 1. The predicted molar refractivity (Wildman–Crippen MR) is 110 cm³/mol. The summed E-state index contributed by atoms with van der Waals surface area (Å²) in [6.07, 6.45) is 0. The number of aromatic nitrogens is 2. The molecule has 0 aliphatic carbocycles. The van der Waals surface area contributed by atoms with Gasteiger partial charge in [-0.15, -0.1) is 0 Å². The van der Waals surface area contributed by atoms with Crippen LogP contribution >= 0.6 is 11.8 Å². The summed E-state index contributed by atoms with van der Waals surface area (Å²) >= 11 is 1.01. The average molecular weight is 412 g/mol. The number of carbonyl (C=O) groups is 2. The van der Waals surface area contributed by atoms with Gasteiger partial charge in [0.25, 0.3) is 0 Å². The zero-order valence-electron chi connectivity index (χ0n) is 15.5. The van der Waals surface area contributed by atoms with Gasteiger partial charge < -0.3 is 9.67 Å². The van der Waals surface area contributed by atoms with Crippen LogP contribution in [0.3, 0.4) is 0 Å². The van der Waals surface area contributed by atoms with Gasteiger partial charge in [0.05, 0.1) is 16.7 Å². The molecule has 7 nitrogen and oxygen atoms in total. The number of carboxylic acid groups (broad SMARTS) is 1. The summed E-state index contributed by atoms with van der Waals surface area (Å²) in [5.74, 6) is -0.427. The van der Waals surface area contributed by atoms with Crippen molar-refractivity contribution in [2.45, 2.75) is 13.5 Å². The summed E-state index contributed by atoms with van der Waals surface area (Å²) in [5.41, 5.74) is 3.68. The second-order valence-corrected chi connectivity index (χ2v) is 7.37. The molecule has 0 radical (unpaired) electrons. The van der Waals surface area contributed by atoms with Gasteiger partial charge >= 0.3 is 11.2 Å². The second kappa shape index (κ2) is 7.67. The van der Waals surface area contributed by atoms with Crippen LogP contribution in [-0.4, -0.2) is 48.9 Å². The maximum absolute atomic E-state index is 13.7. The Balaban J connectivity index is 1.77. The van der Waals surface area contributed by atoms with Gasteiger partial charge in [-0.1, -0.05) is 30.0 Å². The molecule has 0 saturated carbocycles. The Hall–Kier alpha value is -3.20. The van der Waals surface area contributed by atoms with Gasteiger partial charge in [0.15, 0.2) is 0 Å². The number of hydrogen-bond donors (Lipinski definition) is 1. The van der Waals surface area contributed by atoms with Crippen molar-refractivity contribution in [1.82, 2.24) is 14.6 Å². The molecule has 9 heteroatoms. The highest BCUT2D eigenvalue weighted by molar-refractivity contribution is 8.14. The minimum absolute atomic E-state index is 0.324. The summed E-state index contributed by atoms with van der Waals surface area (Å²) in [7, 11) is 0. The first-order chi connectivity index (χ1) is 14.0. The highest BCUT2D eigenvalue weighted by atomic mass is 32.2. The molecule has 0 spiro atoms. The lowest BCUT2D eigenvalue weighted by molar-refractivity contribution is -0.137. The Kier molecular flexibility index (Phi) is 5.06. The molecule has 1 amide bonds. The Labute approximate surface area is 169 Å². The van der Waals surface area contributed by atoms with E-state index in [0.717, 1.165) is 33.4 Å². The third-order valence-corrected chi connectivity index (χ3v) is 5.43. The van der Waals surface area contributed by atoms with Crippen molar-refractivity contribution >= 4 is 39.7 Å². The number of rotatable bonds is 5. The van der Waals surface area contributed by atoms with Crippen molar-refractivity contribution in [3.8, 4) is 11.4 Å². The molecule has 4 rings (SSSR count). The first-order valence-corrected chi connectivity index (χ1v) is 9.95. The number of benzene rings is 2. The standard InChI is InChI=1S/C20H17FN4O3S/c1-2-24-17-7-6-12(16-11-29-20(28)25(23-16)10-18(26)27)9-15(17)22-19(24)13-4-3-5-14(21)8-13/h3-9H,2,10-11H2,1H3,(H,26,27). The molecule has 2 aromatic carbocycles. The molecule has 0 atom stereocenters. The van der Waals surface area contributed by atoms with E-state index < -0.39 is 12.5 Å². The van der Waals surface area contributed by atoms with E-state index in [1.807, 2.05) is 35.8 Å². The smallest absolute Gasteiger partial charge is 0.325 e. The Morgan fingerprint density at radius 3 is 2.79 bits per heavy atom. The van der Waals surface area contributed by atoms with Gasteiger partial charge in [0.2, 0.25) is 0 Å². The van der Waals surface area contributed by atoms with Crippen molar-refractivity contribution in [3.05, 3.63) is 53.8 Å². The van der Waals surface area contributed by atoms with E-state index in [4.69, 9.17) is 10.1 Å². The van der Waals surface area contributed by atoms with Crippen LogP contribution in [0, 0.1) is 5.82 Å². The summed E-state index contributed by atoms with van der Waals surface area (Å²) in [6, 6.07) is 12.0. The van der Waals surface area contributed by atoms with Crippen LogP contribution in [0.25, 0.3) is 22.4 Å². The number of aryl methyl sites for hydroxylation is 1. The number of halogens is 1. The quantitative estimate of drug-likeness (QED) is 0.688.